The minimum Gasteiger partial charge on any atom is -0.356 e. The molecule has 2 N–H and O–H groups in total. The third-order valence-corrected chi connectivity index (χ3v) is 5.31. The van der Waals surface area contributed by atoms with E-state index < -0.39 is 15.6 Å². The molecular weight excluding hydrogens is 320 g/mol. The van der Waals surface area contributed by atoms with Crippen LogP contribution in [0.1, 0.15) is 31.3 Å². The molecule has 0 aliphatic rings. The van der Waals surface area contributed by atoms with Crippen LogP contribution in [0.4, 0.5) is 5.13 Å². The van der Waals surface area contributed by atoms with Crippen molar-refractivity contribution in [1.29, 1.82) is 0 Å². The molecule has 120 valence electrons. The fourth-order valence-electron chi connectivity index (χ4n) is 1.91. The molecule has 6 nitrogen and oxygen atoms in total. The number of hydrogen-bond donors (Lipinski definition) is 2. The lowest BCUT2D eigenvalue weighted by Gasteiger charge is -2.21. The normalized spacial score (nSPS) is 12.4. The highest BCUT2D eigenvalue weighted by Gasteiger charge is 2.24. The van der Waals surface area contributed by atoms with Crippen LogP contribution in [0, 0.1) is 6.92 Å². The molecule has 1 aromatic heterocycles. The van der Waals surface area contributed by atoms with Gasteiger partial charge in [-0.2, -0.15) is 0 Å². The molecule has 0 radical (unpaired) electrons. The van der Waals surface area contributed by atoms with Crippen LogP contribution in [-0.4, -0.2) is 24.2 Å². The van der Waals surface area contributed by atoms with Gasteiger partial charge in [-0.05, 0) is 39.3 Å². The van der Waals surface area contributed by atoms with Crippen molar-refractivity contribution in [1.82, 2.24) is 14.9 Å². The third kappa shape index (κ3) is 4.49. The SMILES string of the molecule is Cc1nnc(NCc2ccccc2S(=O)(=O)NC(C)(C)C)s1. The van der Waals surface area contributed by atoms with Crippen LogP contribution in [0.3, 0.4) is 0 Å². The maximum Gasteiger partial charge on any atom is 0.241 e. The Labute approximate surface area is 135 Å². The topological polar surface area (TPSA) is 84.0 Å². The second-order valence-corrected chi connectivity index (χ2v) is 8.78. The Morgan fingerprint density at radius 1 is 1.18 bits per heavy atom. The van der Waals surface area contributed by atoms with Crippen molar-refractivity contribution in [3.8, 4) is 0 Å². The summed E-state index contributed by atoms with van der Waals surface area (Å²) in [6.45, 7) is 7.69. The second-order valence-electron chi connectivity index (χ2n) is 5.94. The van der Waals surface area contributed by atoms with Gasteiger partial charge in [-0.1, -0.05) is 29.5 Å². The fourth-order valence-corrected chi connectivity index (χ4v) is 4.16. The molecule has 2 rings (SSSR count). The Kier molecular flexibility index (Phi) is 4.84. The lowest BCUT2D eigenvalue weighted by molar-refractivity contribution is 0.491. The maximum absolute atomic E-state index is 12.5. The zero-order valence-electron chi connectivity index (χ0n) is 13.0. The quantitative estimate of drug-likeness (QED) is 0.874. The van der Waals surface area contributed by atoms with Crippen LogP contribution < -0.4 is 10.0 Å². The third-order valence-electron chi connectivity index (χ3n) is 2.66. The molecule has 0 aliphatic carbocycles. The maximum atomic E-state index is 12.5. The number of aryl methyl sites for hydroxylation is 1. The van der Waals surface area contributed by atoms with Crippen molar-refractivity contribution in [3.63, 3.8) is 0 Å². The lowest BCUT2D eigenvalue weighted by atomic mass is 10.1. The first-order valence-electron chi connectivity index (χ1n) is 6.83. The summed E-state index contributed by atoms with van der Waals surface area (Å²) < 4.78 is 27.7. The Bertz CT molecular complexity index is 748. The van der Waals surface area contributed by atoms with Crippen molar-refractivity contribution >= 4 is 26.5 Å². The summed E-state index contributed by atoms with van der Waals surface area (Å²) in [4.78, 5) is 0.277. The molecule has 2 aromatic rings. The van der Waals surface area contributed by atoms with Crippen LogP contribution in [0.15, 0.2) is 29.2 Å². The number of nitrogens with one attached hydrogen (secondary N) is 2. The molecule has 0 atom stereocenters. The Balaban J connectivity index is 2.23. The summed E-state index contributed by atoms with van der Waals surface area (Å²) in [7, 11) is -3.57. The van der Waals surface area contributed by atoms with Crippen LogP contribution >= 0.6 is 11.3 Å². The number of hydrogen-bond acceptors (Lipinski definition) is 6. The Morgan fingerprint density at radius 3 is 2.45 bits per heavy atom. The minimum absolute atomic E-state index is 0.277. The lowest BCUT2D eigenvalue weighted by Crippen LogP contribution is -2.40. The van der Waals surface area contributed by atoms with E-state index in [1.165, 1.54) is 11.3 Å². The molecule has 0 amide bonds. The molecule has 0 unspecified atom stereocenters. The first kappa shape index (κ1) is 16.9. The van der Waals surface area contributed by atoms with Gasteiger partial charge in [0.2, 0.25) is 15.2 Å². The standard InChI is InChI=1S/C14H20N4O2S2/c1-10-16-17-13(21-10)15-9-11-7-5-6-8-12(11)22(19,20)18-14(2,3)4/h5-8,18H,9H2,1-4H3,(H,15,17). The zero-order chi connectivity index (χ0) is 16.4. The number of sulfonamides is 1. The van der Waals surface area contributed by atoms with Crippen molar-refractivity contribution in [2.45, 2.75) is 44.7 Å². The van der Waals surface area contributed by atoms with Gasteiger partial charge >= 0.3 is 0 Å². The summed E-state index contributed by atoms with van der Waals surface area (Å²) in [6.07, 6.45) is 0. The number of benzene rings is 1. The number of nitrogens with zero attached hydrogens (tertiary/aromatic N) is 2. The van der Waals surface area contributed by atoms with E-state index in [1.807, 2.05) is 33.8 Å². The van der Waals surface area contributed by atoms with Gasteiger partial charge in [0.15, 0.2) is 0 Å². The molecule has 8 heteroatoms. The predicted molar refractivity (Wildman–Crippen MR) is 88.5 cm³/mol. The van der Waals surface area contributed by atoms with Gasteiger partial charge in [-0.15, -0.1) is 10.2 Å². The van der Waals surface area contributed by atoms with Gasteiger partial charge in [0, 0.05) is 12.1 Å². The Hall–Kier alpha value is -1.51. The summed E-state index contributed by atoms with van der Waals surface area (Å²) in [5.41, 5.74) is 0.155. The van der Waals surface area contributed by atoms with E-state index in [0.29, 0.717) is 17.2 Å². The first-order valence-corrected chi connectivity index (χ1v) is 9.13. The van der Waals surface area contributed by atoms with E-state index in [0.717, 1.165) is 5.01 Å². The number of aromatic nitrogens is 2. The predicted octanol–water partition coefficient (Wildman–Crippen LogP) is 2.54. The smallest absolute Gasteiger partial charge is 0.241 e. The molecule has 0 saturated carbocycles. The number of rotatable bonds is 5. The zero-order valence-corrected chi connectivity index (χ0v) is 14.7. The summed E-state index contributed by atoms with van der Waals surface area (Å²) in [5, 5.41) is 12.5. The van der Waals surface area contributed by atoms with E-state index in [4.69, 9.17) is 0 Å². The van der Waals surface area contributed by atoms with Gasteiger partial charge < -0.3 is 5.32 Å². The van der Waals surface area contributed by atoms with Crippen LogP contribution in [0.2, 0.25) is 0 Å². The monoisotopic (exact) mass is 340 g/mol. The largest absolute Gasteiger partial charge is 0.356 e. The van der Waals surface area contributed by atoms with E-state index in [2.05, 4.69) is 20.2 Å². The molecule has 0 spiro atoms. The highest BCUT2D eigenvalue weighted by Crippen LogP contribution is 2.20. The molecule has 1 aromatic carbocycles. The van der Waals surface area contributed by atoms with E-state index in [1.54, 1.807) is 18.2 Å². The number of anilines is 1. The molecule has 1 heterocycles. The molecule has 0 fully saturated rings. The molecule has 22 heavy (non-hydrogen) atoms. The van der Waals surface area contributed by atoms with Gasteiger partial charge in [0.05, 0.1) is 4.90 Å². The molecule has 0 bridgehead atoms. The molecule has 0 aliphatic heterocycles. The summed E-state index contributed by atoms with van der Waals surface area (Å²) in [5.74, 6) is 0. The minimum atomic E-state index is -3.57. The van der Waals surface area contributed by atoms with Gasteiger partial charge in [0.1, 0.15) is 5.01 Å². The van der Waals surface area contributed by atoms with Crippen LogP contribution in [0.25, 0.3) is 0 Å². The van der Waals surface area contributed by atoms with Crippen LogP contribution in [0.5, 0.6) is 0 Å². The van der Waals surface area contributed by atoms with Crippen LogP contribution in [-0.2, 0) is 16.6 Å². The van der Waals surface area contributed by atoms with Crippen molar-refractivity contribution in [2.75, 3.05) is 5.32 Å². The second kappa shape index (κ2) is 6.31. The molecule has 0 saturated heterocycles. The fraction of sp³-hybridized carbons (Fsp3) is 0.429. The summed E-state index contributed by atoms with van der Waals surface area (Å²) in [6, 6.07) is 6.93. The van der Waals surface area contributed by atoms with Crippen molar-refractivity contribution in [3.05, 3.63) is 34.8 Å². The van der Waals surface area contributed by atoms with Crippen molar-refractivity contribution < 1.29 is 8.42 Å². The first-order chi connectivity index (χ1) is 10.2. The highest BCUT2D eigenvalue weighted by atomic mass is 32.2. The van der Waals surface area contributed by atoms with E-state index in [9.17, 15) is 8.42 Å². The van der Waals surface area contributed by atoms with E-state index in [-0.39, 0.29) is 4.90 Å². The van der Waals surface area contributed by atoms with Gasteiger partial charge in [0.25, 0.3) is 0 Å². The average Bonchev–Trinajstić information content (AvgIpc) is 2.80. The Morgan fingerprint density at radius 2 is 1.86 bits per heavy atom. The summed E-state index contributed by atoms with van der Waals surface area (Å²) >= 11 is 1.43. The van der Waals surface area contributed by atoms with Gasteiger partial charge in [-0.25, -0.2) is 13.1 Å². The highest BCUT2D eigenvalue weighted by molar-refractivity contribution is 7.89. The van der Waals surface area contributed by atoms with Crippen molar-refractivity contribution in [2.24, 2.45) is 0 Å². The van der Waals surface area contributed by atoms with E-state index >= 15 is 0 Å². The average molecular weight is 340 g/mol. The van der Waals surface area contributed by atoms with Gasteiger partial charge in [-0.3, -0.25) is 0 Å². The molecular formula is C14H20N4O2S2.